The molecule has 15 heterocycles. The number of fused-ring (bicyclic) bond motifs is 34. The van der Waals surface area contributed by atoms with Crippen LogP contribution in [0, 0.1) is 34.6 Å². The molecule has 30 aromatic rings. The van der Waals surface area contributed by atoms with Gasteiger partial charge in [0.25, 0.3) is 11.4 Å². The summed E-state index contributed by atoms with van der Waals surface area (Å²) in [7, 11) is 10.6. The third-order valence-electron chi connectivity index (χ3n) is 28.3. The third-order valence-corrected chi connectivity index (χ3v) is 35.6. The van der Waals surface area contributed by atoms with Gasteiger partial charge in [0.05, 0.1) is 42.6 Å². The summed E-state index contributed by atoms with van der Waals surface area (Å²) >= 11 is 11.5. The lowest BCUT2D eigenvalue weighted by Gasteiger charge is -2.05. The van der Waals surface area contributed by atoms with Crippen molar-refractivity contribution in [2.45, 2.75) is 34.6 Å². The summed E-state index contributed by atoms with van der Waals surface area (Å²) in [6.45, 7) is 10.9. The molecule has 0 N–H and O–H groups in total. The Bertz CT molecular complexity index is 10300. The second kappa shape index (κ2) is 33.7. The number of rotatable bonds is 5. The Morgan fingerprint density at radius 2 is 0.479 bits per heavy atom. The van der Waals surface area contributed by atoms with E-state index < -0.39 is 0 Å². The molecule has 0 amide bonds. The maximum Gasteiger partial charge on any atom is 0.256 e. The molecule has 0 saturated carbocycles. The predicted octanol–water partition coefficient (Wildman–Crippen LogP) is 34.2. The molecule has 0 aliphatic heterocycles. The zero-order valence-corrected chi connectivity index (χ0v) is 83.4. The van der Waals surface area contributed by atoms with E-state index in [0.717, 1.165) is 99.1 Å². The van der Waals surface area contributed by atoms with Crippen LogP contribution < -0.4 is 22.8 Å². The zero-order valence-electron chi connectivity index (χ0n) is 78.5. The lowest BCUT2D eigenvalue weighted by Crippen LogP contribution is -2.30. The monoisotopic (exact) mass is 1920 g/mol. The maximum atomic E-state index is 6.44. The highest BCUT2D eigenvalue weighted by Gasteiger charge is 2.31. The molecule has 30 rings (SSSR count). The highest BCUT2D eigenvalue weighted by molar-refractivity contribution is 7.34. The van der Waals surface area contributed by atoms with Crippen LogP contribution in [-0.4, -0.2) is 0 Å². The van der Waals surface area contributed by atoms with Crippen molar-refractivity contribution >= 4 is 277 Å². The molecule has 0 radical (unpaired) electrons. The molecule has 9 nitrogen and oxygen atoms in total. The van der Waals surface area contributed by atoms with Gasteiger partial charge in [0.2, 0.25) is 28.2 Å². The fraction of sp³-hybridized carbons (Fsp3) is 0.0800. The minimum atomic E-state index is 0.850. The normalized spacial score (nSPS) is 11.9. The number of thiophene rings is 6. The average molecular weight is 1920 g/mol. The first kappa shape index (κ1) is 85.0. The Kier molecular flexibility index (Phi) is 20.5. The number of hydrogen-bond donors (Lipinski definition) is 0. The highest BCUT2D eigenvalue weighted by Crippen LogP contribution is 2.52. The summed E-state index contributed by atoms with van der Waals surface area (Å²) < 4.78 is 52.8. The summed E-state index contributed by atoms with van der Waals surface area (Å²) in [6, 6.07) is 119. The smallest absolute Gasteiger partial charge is 0.256 e. The van der Waals surface area contributed by atoms with E-state index in [1.54, 1.807) is 0 Å². The van der Waals surface area contributed by atoms with E-state index in [9.17, 15) is 0 Å². The quantitative estimate of drug-likeness (QED) is 0.161. The van der Waals surface area contributed by atoms with Gasteiger partial charge in [-0.25, -0.2) is 0 Å². The van der Waals surface area contributed by atoms with Gasteiger partial charge in [-0.05, 0) is 166 Å². The van der Waals surface area contributed by atoms with Crippen LogP contribution >= 0.6 is 68.0 Å². The van der Waals surface area contributed by atoms with Crippen LogP contribution in [0.1, 0.15) is 27.8 Å². The fourth-order valence-corrected chi connectivity index (χ4v) is 29.2. The second-order valence-electron chi connectivity index (χ2n) is 36.8. The predicted molar refractivity (Wildman–Crippen MR) is 595 cm³/mol. The number of para-hydroxylation sites is 2. The molecule has 0 aliphatic carbocycles. The van der Waals surface area contributed by atoms with Crippen LogP contribution in [0.4, 0.5) is 0 Å². The first-order valence-electron chi connectivity index (χ1n) is 47.2. The van der Waals surface area contributed by atoms with Gasteiger partial charge in [-0.3, -0.25) is 0 Å². The van der Waals surface area contributed by atoms with Crippen LogP contribution in [0.15, 0.2) is 382 Å². The number of hydrogen-bond acceptors (Lipinski definition) is 10. The third kappa shape index (κ3) is 13.7. The number of aromatic nitrogens is 5. The van der Waals surface area contributed by atoms with Crippen molar-refractivity contribution in [1.82, 2.24) is 0 Å². The van der Waals surface area contributed by atoms with Gasteiger partial charge in [0.15, 0.2) is 31.0 Å². The van der Waals surface area contributed by atoms with Crippen LogP contribution in [0.2, 0.25) is 0 Å². The van der Waals surface area contributed by atoms with Crippen molar-refractivity contribution in [2.75, 3.05) is 0 Å². The van der Waals surface area contributed by atoms with Crippen molar-refractivity contribution in [3.05, 3.63) is 392 Å². The van der Waals surface area contributed by atoms with Gasteiger partial charge in [-0.15, -0.1) is 68.0 Å². The molecule has 140 heavy (non-hydrogen) atoms. The van der Waals surface area contributed by atoms with E-state index in [1.165, 1.54) is 194 Å². The van der Waals surface area contributed by atoms with Crippen molar-refractivity contribution in [2.24, 2.45) is 35.2 Å². The topological polar surface area (TPSA) is 72.0 Å². The molecular weight excluding hydrogens is 1830 g/mol. The first-order valence-corrected chi connectivity index (χ1v) is 52.1. The minimum Gasteiger partial charge on any atom is -0.456 e. The largest absolute Gasteiger partial charge is 0.456 e. The van der Waals surface area contributed by atoms with Gasteiger partial charge in [-0.2, -0.15) is 22.8 Å². The Morgan fingerprint density at radius 1 is 0.171 bits per heavy atom. The standard InChI is InChI=1S/2C25H18NO2.3C25H18NS2/c1-15-7-3-4-8-16(15)24-25-18(13-14-26(24)2)23-21(28-25)12-11-20-22(23)17-9-5-6-10-19(17)27-20;1-15-7-3-4-8-16(15)23-25-19(13-14-26(23)2)22-21(28-25)12-11-18-17-9-5-6-10-20(17)27-24(18)22;1-15-7-3-4-8-16(15)24-25-18(11-12-26(24)2)20-14-22-19(13-23(20)28-25)17-9-5-6-10-21(17)27-22;1-15-7-3-4-8-16(15)23-25-18(13-14-26(23)2)17-11-12-21-22(24(17)28-25)19-9-5-6-10-20(19)27-21;1-15-7-3-4-8-16(15)22-23-20(13-14-26(22)2)19-12-11-18-17-9-5-6-10-21(17)27-24(18)25(19)28-23/h5*3-14H,1-2H3/q5*+1. The molecule has 0 unspecified atom stereocenters. The molecule has 15 aromatic carbocycles. The lowest BCUT2D eigenvalue weighted by molar-refractivity contribution is -0.659. The molecule has 0 saturated heterocycles. The van der Waals surface area contributed by atoms with E-state index in [0.29, 0.717) is 0 Å². The zero-order chi connectivity index (χ0) is 94.1. The van der Waals surface area contributed by atoms with E-state index in [4.69, 9.17) is 17.7 Å². The molecule has 15 aromatic heterocycles. The SMILES string of the molecule is Cc1ccccc1-c1c2oc3ccc4c5ccccc5oc4c3c2cc[n+]1C.Cc1ccccc1-c1c2oc3ccc4oc5ccccc5c4c3c2cc[n+]1C.Cc1ccccc1-c1c2sc3c(ccc4c5ccccc5sc43)c2cc[n+]1C.Cc1ccccc1-c1c2sc3c(ccc4sc5ccccc5c43)c2cc[n+]1C.Cc1ccccc1-c1c2sc3cc4c(cc3c2cc[n+]1C)sc1ccccc14. The molecule has 0 spiro atoms. The summed E-state index contributed by atoms with van der Waals surface area (Å²) in [5.74, 6) is 0. The number of furan rings is 4. The van der Waals surface area contributed by atoms with E-state index in [-0.39, 0.29) is 0 Å². The number of pyridine rings is 5. The molecule has 0 aliphatic rings. The molecule has 0 atom stereocenters. The van der Waals surface area contributed by atoms with Gasteiger partial charge in [0, 0.05) is 166 Å². The summed E-state index contributed by atoms with van der Waals surface area (Å²) in [5, 5.41) is 25.3. The molecular formula is C125H90N5O4S6+5. The molecule has 670 valence electrons. The Hall–Kier alpha value is -15.4. The minimum absolute atomic E-state index is 0.850. The average Bonchev–Trinajstić information content (AvgIpc) is 1.59. The molecule has 15 heteroatoms. The summed E-state index contributed by atoms with van der Waals surface area (Å²) in [6.07, 6.45) is 10.8. The van der Waals surface area contributed by atoms with E-state index in [2.05, 4.69) is 415 Å². The first-order chi connectivity index (χ1) is 68.6. The Labute approximate surface area is 828 Å². The van der Waals surface area contributed by atoms with Crippen LogP contribution in [0.5, 0.6) is 0 Å². The fourth-order valence-electron chi connectivity index (χ4n) is 21.4. The lowest BCUT2D eigenvalue weighted by atomic mass is 10.0. The molecule has 0 bridgehead atoms. The Balaban J connectivity index is 0.0000000900. The van der Waals surface area contributed by atoms with E-state index >= 15 is 0 Å². The Morgan fingerprint density at radius 3 is 1.01 bits per heavy atom. The maximum absolute atomic E-state index is 6.44. The van der Waals surface area contributed by atoms with Gasteiger partial charge >= 0.3 is 0 Å². The van der Waals surface area contributed by atoms with Crippen LogP contribution in [-0.2, 0) is 35.2 Å². The number of benzene rings is 15. The van der Waals surface area contributed by atoms with Crippen molar-refractivity contribution in [3.8, 4) is 56.3 Å². The number of nitrogens with zero attached hydrogens (tertiary/aromatic N) is 5. The van der Waals surface area contributed by atoms with Gasteiger partial charge < -0.3 is 17.7 Å². The van der Waals surface area contributed by atoms with Crippen molar-refractivity contribution in [3.63, 3.8) is 0 Å². The molecule has 0 fully saturated rings. The van der Waals surface area contributed by atoms with Crippen LogP contribution in [0.3, 0.4) is 0 Å². The van der Waals surface area contributed by atoms with Crippen LogP contribution in [0.25, 0.3) is 265 Å². The summed E-state index contributed by atoms with van der Waals surface area (Å²) in [4.78, 5) is 0. The highest BCUT2D eigenvalue weighted by atomic mass is 32.1. The summed E-state index contributed by atoms with van der Waals surface area (Å²) in [5.41, 5.74) is 25.9. The van der Waals surface area contributed by atoms with Gasteiger partial charge in [-0.1, -0.05) is 200 Å². The van der Waals surface area contributed by atoms with E-state index in [1.807, 2.05) is 110 Å². The van der Waals surface area contributed by atoms with Crippen molar-refractivity contribution < 1.29 is 40.5 Å². The number of aryl methyl sites for hydroxylation is 10. The second-order valence-corrected chi connectivity index (χ2v) is 43.1. The van der Waals surface area contributed by atoms with Gasteiger partial charge in [0.1, 0.15) is 82.8 Å². The van der Waals surface area contributed by atoms with Crippen molar-refractivity contribution in [1.29, 1.82) is 0 Å².